The van der Waals surface area contributed by atoms with E-state index in [1.807, 2.05) is 12.1 Å². The van der Waals surface area contributed by atoms with E-state index >= 15 is 0 Å². The van der Waals surface area contributed by atoms with Crippen LogP contribution in [0.1, 0.15) is 35.7 Å². The van der Waals surface area contributed by atoms with Crippen LogP contribution in [0.15, 0.2) is 24.3 Å². The first-order valence-electron chi connectivity index (χ1n) is 6.34. The van der Waals surface area contributed by atoms with Crippen LogP contribution in [0.25, 0.3) is 0 Å². The van der Waals surface area contributed by atoms with Gasteiger partial charge in [-0.3, -0.25) is 0 Å². The quantitative estimate of drug-likeness (QED) is 0.838. The molecule has 0 bridgehead atoms. The van der Waals surface area contributed by atoms with Gasteiger partial charge < -0.3 is 15.2 Å². The zero-order chi connectivity index (χ0) is 13.0. The summed E-state index contributed by atoms with van der Waals surface area (Å²) >= 11 is 0. The number of carbonyl (C=O) groups is 1. The molecule has 0 aliphatic carbocycles. The van der Waals surface area contributed by atoms with Gasteiger partial charge in [-0.15, -0.1) is 0 Å². The van der Waals surface area contributed by atoms with E-state index in [9.17, 15) is 4.79 Å². The summed E-state index contributed by atoms with van der Waals surface area (Å²) in [6.07, 6.45) is 2.44. The summed E-state index contributed by atoms with van der Waals surface area (Å²) in [5, 5.41) is 12.4. The van der Waals surface area contributed by atoms with E-state index in [4.69, 9.17) is 9.84 Å². The highest BCUT2D eigenvalue weighted by atomic mass is 16.5. The van der Waals surface area contributed by atoms with Crippen LogP contribution in [0.2, 0.25) is 0 Å². The summed E-state index contributed by atoms with van der Waals surface area (Å²) in [7, 11) is 0. The molecular weight excluding hydrogens is 230 g/mol. The first kappa shape index (κ1) is 13.1. The summed E-state index contributed by atoms with van der Waals surface area (Å²) in [5.41, 5.74) is 1.18. The molecule has 0 amide bonds. The summed E-state index contributed by atoms with van der Waals surface area (Å²) in [6, 6.07) is 7.33. The highest BCUT2D eigenvalue weighted by Gasteiger charge is 2.22. The Morgan fingerprint density at radius 2 is 2.33 bits per heavy atom. The summed E-state index contributed by atoms with van der Waals surface area (Å²) in [5.74, 6) is -0.878. The predicted octanol–water partition coefficient (Wildman–Crippen LogP) is 2.04. The average molecular weight is 249 g/mol. The second-order valence-electron chi connectivity index (χ2n) is 4.68. The highest BCUT2D eigenvalue weighted by Crippen LogP contribution is 2.16. The van der Waals surface area contributed by atoms with Gasteiger partial charge >= 0.3 is 5.97 Å². The Kier molecular flexibility index (Phi) is 4.33. The van der Waals surface area contributed by atoms with Crippen molar-refractivity contribution in [1.29, 1.82) is 0 Å². The molecule has 2 atom stereocenters. The van der Waals surface area contributed by atoms with Crippen molar-refractivity contribution < 1.29 is 14.6 Å². The number of rotatable bonds is 5. The molecule has 2 unspecified atom stereocenters. The Labute approximate surface area is 107 Å². The van der Waals surface area contributed by atoms with Crippen LogP contribution in [0.4, 0.5) is 0 Å². The van der Waals surface area contributed by atoms with Gasteiger partial charge in [0.25, 0.3) is 0 Å². The minimum Gasteiger partial charge on any atom is -0.478 e. The Bertz CT molecular complexity index is 413. The van der Waals surface area contributed by atoms with Crippen LogP contribution in [0.3, 0.4) is 0 Å². The van der Waals surface area contributed by atoms with Crippen molar-refractivity contribution in [3.05, 3.63) is 35.4 Å². The molecule has 0 radical (unpaired) electrons. The van der Waals surface area contributed by atoms with Crippen LogP contribution < -0.4 is 5.32 Å². The molecule has 4 heteroatoms. The third-order valence-electron chi connectivity index (χ3n) is 3.38. The number of nitrogens with one attached hydrogen (secondary N) is 1. The van der Waals surface area contributed by atoms with Crippen molar-refractivity contribution in [3.63, 3.8) is 0 Å². The standard InChI is InChI=1S/C14H19NO3/c1-10(13-7-4-8-18-13)15-9-11-5-2-3-6-12(11)14(16)17/h2-3,5-6,10,13,15H,4,7-9H2,1H3,(H,16,17). The van der Waals surface area contributed by atoms with Crippen molar-refractivity contribution in [2.24, 2.45) is 0 Å². The molecule has 1 fully saturated rings. The number of ether oxygens (including phenoxy) is 1. The van der Waals surface area contributed by atoms with E-state index in [1.165, 1.54) is 0 Å². The predicted molar refractivity (Wildman–Crippen MR) is 68.7 cm³/mol. The summed E-state index contributed by atoms with van der Waals surface area (Å²) in [4.78, 5) is 11.1. The largest absolute Gasteiger partial charge is 0.478 e. The van der Waals surface area contributed by atoms with Gasteiger partial charge in [-0.05, 0) is 31.4 Å². The molecule has 0 aromatic heterocycles. The van der Waals surface area contributed by atoms with E-state index in [0.29, 0.717) is 12.1 Å². The Morgan fingerprint density at radius 1 is 1.56 bits per heavy atom. The fourth-order valence-corrected chi connectivity index (χ4v) is 2.28. The Morgan fingerprint density at radius 3 is 3.00 bits per heavy atom. The number of carboxylic acid groups (broad SMARTS) is 1. The Hall–Kier alpha value is -1.39. The molecule has 2 rings (SSSR count). The molecule has 0 saturated carbocycles. The van der Waals surface area contributed by atoms with E-state index < -0.39 is 5.97 Å². The zero-order valence-electron chi connectivity index (χ0n) is 10.6. The fraction of sp³-hybridized carbons (Fsp3) is 0.500. The topological polar surface area (TPSA) is 58.6 Å². The number of hydrogen-bond acceptors (Lipinski definition) is 3. The summed E-state index contributed by atoms with van der Waals surface area (Å²) in [6.45, 7) is 3.48. The van der Waals surface area contributed by atoms with Gasteiger partial charge in [0, 0.05) is 19.2 Å². The lowest BCUT2D eigenvalue weighted by molar-refractivity contribution is 0.0694. The maximum atomic E-state index is 11.1. The van der Waals surface area contributed by atoms with E-state index in [1.54, 1.807) is 12.1 Å². The summed E-state index contributed by atoms with van der Waals surface area (Å²) < 4.78 is 5.60. The lowest BCUT2D eigenvalue weighted by Gasteiger charge is -2.20. The molecule has 1 heterocycles. The lowest BCUT2D eigenvalue weighted by Crippen LogP contribution is -2.36. The normalized spacial score (nSPS) is 20.8. The van der Waals surface area contributed by atoms with Crippen LogP contribution >= 0.6 is 0 Å². The van der Waals surface area contributed by atoms with E-state index in [-0.39, 0.29) is 12.1 Å². The number of carboxylic acids is 1. The smallest absolute Gasteiger partial charge is 0.336 e. The molecule has 98 valence electrons. The number of hydrogen-bond donors (Lipinski definition) is 2. The molecule has 1 aromatic carbocycles. The van der Waals surface area contributed by atoms with Crippen LogP contribution in [-0.2, 0) is 11.3 Å². The van der Waals surface area contributed by atoms with Crippen molar-refractivity contribution >= 4 is 5.97 Å². The highest BCUT2D eigenvalue weighted by molar-refractivity contribution is 5.89. The lowest BCUT2D eigenvalue weighted by atomic mass is 10.1. The average Bonchev–Trinajstić information content (AvgIpc) is 2.90. The second-order valence-corrected chi connectivity index (χ2v) is 4.68. The van der Waals surface area contributed by atoms with Crippen molar-refractivity contribution in [2.45, 2.75) is 38.5 Å². The second kappa shape index (κ2) is 5.98. The van der Waals surface area contributed by atoms with E-state index in [0.717, 1.165) is 25.0 Å². The van der Waals surface area contributed by atoms with Crippen LogP contribution in [-0.4, -0.2) is 29.8 Å². The molecule has 2 N–H and O–H groups in total. The van der Waals surface area contributed by atoms with Crippen LogP contribution in [0, 0.1) is 0 Å². The minimum absolute atomic E-state index is 0.245. The Balaban J connectivity index is 1.95. The zero-order valence-corrected chi connectivity index (χ0v) is 10.6. The van der Waals surface area contributed by atoms with Gasteiger partial charge in [0.1, 0.15) is 0 Å². The minimum atomic E-state index is -0.878. The van der Waals surface area contributed by atoms with Crippen LogP contribution in [0.5, 0.6) is 0 Å². The van der Waals surface area contributed by atoms with Gasteiger partial charge in [-0.2, -0.15) is 0 Å². The molecule has 1 aliphatic heterocycles. The molecule has 0 spiro atoms. The van der Waals surface area contributed by atoms with Gasteiger partial charge in [0.15, 0.2) is 0 Å². The maximum Gasteiger partial charge on any atom is 0.336 e. The molecular formula is C14H19NO3. The van der Waals surface area contributed by atoms with Gasteiger partial charge in [0.2, 0.25) is 0 Å². The molecule has 1 aromatic rings. The van der Waals surface area contributed by atoms with Crippen molar-refractivity contribution in [2.75, 3.05) is 6.61 Å². The third-order valence-corrected chi connectivity index (χ3v) is 3.38. The monoisotopic (exact) mass is 249 g/mol. The molecule has 1 aliphatic rings. The van der Waals surface area contributed by atoms with E-state index in [2.05, 4.69) is 12.2 Å². The van der Waals surface area contributed by atoms with Gasteiger partial charge in [-0.1, -0.05) is 18.2 Å². The number of benzene rings is 1. The molecule has 1 saturated heterocycles. The fourth-order valence-electron chi connectivity index (χ4n) is 2.28. The van der Waals surface area contributed by atoms with Crippen molar-refractivity contribution in [1.82, 2.24) is 5.32 Å². The van der Waals surface area contributed by atoms with Gasteiger partial charge in [-0.25, -0.2) is 4.79 Å². The maximum absolute atomic E-state index is 11.1. The molecule has 4 nitrogen and oxygen atoms in total. The van der Waals surface area contributed by atoms with Gasteiger partial charge in [0.05, 0.1) is 11.7 Å². The third kappa shape index (κ3) is 3.09. The number of aromatic carboxylic acids is 1. The van der Waals surface area contributed by atoms with Crippen molar-refractivity contribution in [3.8, 4) is 0 Å². The SMILES string of the molecule is CC(NCc1ccccc1C(=O)O)C1CCCO1. The first-order valence-corrected chi connectivity index (χ1v) is 6.34. The molecule has 18 heavy (non-hydrogen) atoms. The first-order chi connectivity index (χ1) is 8.68.